The van der Waals surface area contributed by atoms with Gasteiger partial charge in [-0.25, -0.2) is 0 Å². The first-order chi connectivity index (χ1) is 12.1. The van der Waals surface area contributed by atoms with E-state index < -0.39 is 5.97 Å². The molecule has 0 aliphatic carbocycles. The van der Waals surface area contributed by atoms with Gasteiger partial charge in [0.1, 0.15) is 11.3 Å². The van der Waals surface area contributed by atoms with Crippen LogP contribution in [0.15, 0.2) is 57.6 Å². The molecular formula is C19H15BrO5. The molecule has 0 fully saturated rings. The molecule has 0 unspecified atom stereocenters. The van der Waals surface area contributed by atoms with Gasteiger partial charge in [-0.05, 0) is 18.2 Å². The summed E-state index contributed by atoms with van der Waals surface area (Å²) in [4.78, 5) is 24.2. The molecule has 6 heteroatoms. The summed E-state index contributed by atoms with van der Waals surface area (Å²) in [5.41, 5.74) is 1.82. The summed E-state index contributed by atoms with van der Waals surface area (Å²) in [6, 6.07) is 12.4. The molecule has 0 aliphatic heterocycles. The first kappa shape index (κ1) is 17.2. The first-order valence-corrected chi connectivity index (χ1v) is 8.35. The highest BCUT2D eigenvalue weighted by Gasteiger charge is 2.15. The van der Waals surface area contributed by atoms with Crippen molar-refractivity contribution in [3.8, 4) is 5.75 Å². The standard InChI is InChI=1S/C19H15BrO5/c1-23-13-6-7-14-12(10-24-18(14)9-13)8-19(22)25-11-17(21)15-4-2-3-5-16(15)20/h2-7,9-10H,8,11H2,1H3. The van der Waals surface area contributed by atoms with Gasteiger partial charge in [0, 0.05) is 27.1 Å². The van der Waals surface area contributed by atoms with Gasteiger partial charge < -0.3 is 13.9 Å². The van der Waals surface area contributed by atoms with E-state index in [0.29, 0.717) is 26.9 Å². The number of hydrogen-bond acceptors (Lipinski definition) is 5. The van der Waals surface area contributed by atoms with E-state index >= 15 is 0 Å². The number of halogens is 1. The molecule has 3 rings (SSSR count). The number of esters is 1. The SMILES string of the molecule is COc1ccc2c(CC(=O)OCC(=O)c3ccccc3Br)coc2c1. The molecule has 0 atom stereocenters. The number of hydrogen-bond donors (Lipinski definition) is 0. The van der Waals surface area contributed by atoms with Gasteiger partial charge in [-0.15, -0.1) is 0 Å². The van der Waals surface area contributed by atoms with Crippen LogP contribution in [0.2, 0.25) is 0 Å². The van der Waals surface area contributed by atoms with Gasteiger partial charge in [0.2, 0.25) is 5.78 Å². The fourth-order valence-corrected chi connectivity index (χ4v) is 2.95. The summed E-state index contributed by atoms with van der Waals surface area (Å²) in [7, 11) is 1.57. The normalized spacial score (nSPS) is 10.6. The lowest BCUT2D eigenvalue weighted by molar-refractivity contribution is -0.141. The second-order valence-electron chi connectivity index (χ2n) is 5.36. The van der Waals surface area contributed by atoms with Crippen molar-refractivity contribution < 1.29 is 23.5 Å². The minimum Gasteiger partial charge on any atom is -0.497 e. The van der Waals surface area contributed by atoms with Crippen LogP contribution >= 0.6 is 15.9 Å². The summed E-state index contributed by atoms with van der Waals surface area (Å²) >= 11 is 3.31. The molecule has 3 aromatic rings. The fourth-order valence-electron chi connectivity index (χ4n) is 2.45. The molecule has 2 aromatic carbocycles. The molecule has 0 spiro atoms. The molecule has 0 amide bonds. The zero-order valence-electron chi connectivity index (χ0n) is 13.5. The number of ether oxygens (including phenoxy) is 2. The highest BCUT2D eigenvalue weighted by molar-refractivity contribution is 9.10. The molecule has 5 nitrogen and oxygen atoms in total. The first-order valence-electron chi connectivity index (χ1n) is 7.56. The van der Waals surface area contributed by atoms with Crippen molar-refractivity contribution in [2.45, 2.75) is 6.42 Å². The number of carbonyl (C=O) groups is 2. The molecule has 1 aromatic heterocycles. The van der Waals surface area contributed by atoms with Crippen LogP contribution in [0.5, 0.6) is 5.75 Å². The third kappa shape index (κ3) is 3.91. The van der Waals surface area contributed by atoms with E-state index in [1.807, 2.05) is 12.1 Å². The van der Waals surface area contributed by atoms with Crippen LogP contribution < -0.4 is 4.74 Å². The van der Waals surface area contributed by atoms with Crippen molar-refractivity contribution in [2.75, 3.05) is 13.7 Å². The van der Waals surface area contributed by atoms with E-state index in [-0.39, 0.29) is 18.8 Å². The third-order valence-electron chi connectivity index (χ3n) is 3.74. The molecule has 0 saturated heterocycles. The quantitative estimate of drug-likeness (QED) is 0.457. The van der Waals surface area contributed by atoms with Gasteiger partial charge in [0.25, 0.3) is 0 Å². The molecule has 0 aliphatic rings. The highest BCUT2D eigenvalue weighted by atomic mass is 79.9. The van der Waals surface area contributed by atoms with E-state index in [2.05, 4.69) is 15.9 Å². The number of methoxy groups -OCH3 is 1. The van der Waals surface area contributed by atoms with E-state index in [9.17, 15) is 9.59 Å². The Bertz CT molecular complexity index is 928. The summed E-state index contributed by atoms with van der Waals surface area (Å²) < 4.78 is 16.4. The number of fused-ring (bicyclic) bond motifs is 1. The summed E-state index contributed by atoms with van der Waals surface area (Å²) in [6.07, 6.45) is 1.55. The molecule has 25 heavy (non-hydrogen) atoms. The Kier molecular flexibility index (Phi) is 5.19. The minimum atomic E-state index is -0.487. The van der Waals surface area contributed by atoms with Crippen LogP contribution in [0, 0.1) is 0 Å². The molecular weight excluding hydrogens is 388 g/mol. The number of Topliss-reactive ketones (excluding diaryl/α,β-unsaturated/α-hetero) is 1. The maximum atomic E-state index is 12.1. The van der Waals surface area contributed by atoms with Crippen LogP contribution in [0.4, 0.5) is 0 Å². The van der Waals surface area contributed by atoms with E-state index in [1.165, 1.54) is 6.26 Å². The molecule has 128 valence electrons. The van der Waals surface area contributed by atoms with E-state index in [0.717, 1.165) is 5.39 Å². The Balaban J connectivity index is 1.63. The van der Waals surface area contributed by atoms with Crippen molar-refractivity contribution in [1.29, 1.82) is 0 Å². The van der Waals surface area contributed by atoms with Gasteiger partial charge in [0.05, 0.1) is 19.8 Å². The van der Waals surface area contributed by atoms with Crippen molar-refractivity contribution in [3.63, 3.8) is 0 Å². The average Bonchev–Trinajstić information content (AvgIpc) is 3.02. The summed E-state index contributed by atoms with van der Waals surface area (Å²) in [6.45, 7) is -0.301. The highest BCUT2D eigenvalue weighted by Crippen LogP contribution is 2.26. The maximum absolute atomic E-state index is 12.1. The molecule has 0 radical (unpaired) electrons. The van der Waals surface area contributed by atoms with Crippen molar-refractivity contribution in [3.05, 3.63) is 64.3 Å². The van der Waals surface area contributed by atoms with Gasteiger partial charge in [-0.1, -0.05) is 34.1 Å². The maximum Gasteiger partial charge on any atom is 0.310 e. The lowest BCUT2D eigenvalue weighted by Crippen LogP contribution is -2.15. The minimum absolute atomic E-state index is 0.0303. The monoisotopic (exact) mass is 402 g/mol. The van der Waals surface area contributed by atoms with Gasteiger partial charge in [-0.2, -0.15) is 0 Å². The second-order valence-corrected chi connectivity index (χ2v) is 6.22. The van der Waals surface area contributed by atoms with Crippen molar-refractivity contribution >= 4 is 38.7 Å². The topological polar surface area (TPSA) is 65.7 Å². The third-order valence-corrected chi connectivity index (χ3v) is 4.43. The number of benzene rings is 2. The van der Waals surface area contributed by atoms with Crippen LogP contribution in [0.25, 0.3) is 11.0 Å². The predicted octanol–water partition coefficient (Wildman–Crippen LogP) is 4.17. The Morgan fingerprint density at radius 1 is 1.16 bits per heavy atom. The largest absolute Gasteiger partial charge is 0.497 e. The van der Waals surface area contributed by atoms with Gasteiger partial charge >= 0.3 is 5.97 Å². The molecule has 1 heterocycles. The molecule has 0 saturated carbocycles. The van der Waals surface area contributed by atoms with Crippen molar-refractivity contribution in [2.24, 2.45) is 0 Å². The van der Waals surface area contributed by atoms with E-state index in [4.69, 9.17) is 13.9 Å². The smallest absolute Gasteiger partial charge is 0.310 e. The number of ketones is 1. The number of furan rings is 1. The Labute approximate surface area is 152 Å². The zero-order valence-corrected chi connectivity index (χ0v) is 15.0. The molecule has 0 bridgehead atoms. The Morgan fingerprint density at radius 3 is 2.72 bits per heavy atom. The van der Waals surface area contributed by atoms with Crippen molar-refractivity contribution in [1.82, 2.24) is 0 Å². The Hall–Kier alpha value is -2.60. The molecule has 0 N–H and O–H groups in total. The average molecular weight is 403 g/mol. The van der Waals surface area contributed by atoms with Gasteiger partial charge in [-0.3, -0.25) is 9.59 Å². The van der Waals surface area contributed by atoms with Gasteiger partial charge in [0.15, 0.2) is 6.61 Å². The lowest BCUT2D eigenvalue weighted by Gasteiger charge is -2.05. The Morgan fingerprint density at radius 2 is 1.96 bits per heavy atom. The number of carbonyl (C=O) groups excluding carboxylic acids is 2. The van der Waals surface area contributed by atoms with Crippen LogP contribution in [-0.2, 0) is 16.0 Å². The zero-order chi connectivity index (χ0) is 17.8. The van der Waals surface area contributed by atoms with Crippen LogP contribution in [0.3, 0.4) is 0 Å². The van der Waals surface area contributed by atoms with E-state index in [1.54, 1.807) is 37.4 Å². The summed E-state index contributed by atoms with van der Waals surface area (Å²) in [5.74, 6) is -0.0726. The summed E-state index contributed by atoms with van der Waals surface area (Å²) in [5, 5.41) is 0.815. The fraction of sp³-hybridized carbons (Fsp3) is 0.158. The van der Waals surface area contributed by atoms with Crippen LogP contribution in [0.1, 0.15) is 15.9 Å². The van der Waals surface area contributed by atoms with Crippen LogP contribution in [-0.4, -0.2) is 25.5 Å². The second kappa shape index (κ2) is 7.53. The number of rotatable bonds is 6. The predicted molar refractivity (Wildman–Crippen MR) is 95.9 cm³/mol. The lowest BCUT2D eigenvalue weighted by atomic mass is 10.1.